The standard InChI is InChI=1S/2C24H18N4O.2C24H20N4/c1-14-10-18-17-8-6-7-9-22(17)29-23(18)13-20(14)28-15(2)27(5)21-12-16(25-3)11-19(26-4)24(21)28;1-14-10-11-18-17-8-6-7-9-21(17)29-24(18)22(14)28-15(2)27(5)20-13-16(25-3)12-19(26-4)23(20)28;1-16-10-9-13-20(18-11-7-6-8-12-18)23(16)28-17(2)27(5)22-15-19(25-3)14-21(26-4)24(22)28;1-16-13-19(18-9-7-6-8-10-18)11-12-22(16)28-17(2)27(5)23-15-20(25-3)14-21(26-4)24(23)28/h2*6-13,15H,1-2,5H3;2*6-15,17H,1-2,5H3/t2*15-;2*17-/m0000/s1. The van der Waals surface area contributed by atoms with Crippen molar-refractivity contribution in [3.63, 3.8) is 0 Å². The number of nitrogens with zero attached hydrogens (tertiary/aromatic N) is 16. The maximum absolute atomic E-state index is 7.73. The summed E-state index contributed by atoms with van der Waals surface area (Å²) in [7, 11) is 8.03. The molecule has 14 aromatic rings. The molecule has 0 bridgehead atoms. The van der Waals surface area contributed by atoms with Crippen molar-refractivity contribution in [1.82, 2.24) is 0 Å². The Morgan fingerprint density at radius 2 is 0.658 bits per heavy atom. The highest BCUT2D eigenvalue weighted by Gasteiger charge is 2.41. The molecule has 12 aromatic carbocycles. The molecule has 6 heterocycles. The van der Waals surface area contributed by atoms with Gasteiger partial charge in [0.1, 0.15) is 41.4 Å². The normalized spacial score (nSPS) is 15.3. The van der Waals surface area contributed by atoms with Crippen molar-refractivity contribution in [2.75, 3.05) is 67.4 Å². The van der Waals surface area contributed by atoms with Crippen molar-refractivity contribution < 1.29 is 8.83 Å². The number of anilines is 12. The highest BCUT2D eigenvalue weighted by atomic mass is 16.3. The first kappa shape index (κ1) is 74.0. The van der Waals surface area contributed by atoms with Crippen LogP contribution in [0.25, 0.3) is 105 Å². The van der Waals surface area contributed by atoms with E-state index in [4.69, 9.17) is 61.4 Å². The highest BCUT2D eigenvalue weighted by Crippen LogP contribution is 2.58. The van der Waals surface area contributed by atoms with Crippen LogP contribution in [0.1, 0.15) is 49.9 Å². The van der Waals surface area contributed by atoms with E-state index in [-0.39, 0.29) is 24.7 Å². The van der Waals surface area contributed by atoms with Crippen LogP contribution in [0, 0.1) is 80.3 Å². The first-order valence-electron chi connectivity index (χ1n) is 37.1. The Morgan fingerprint density at radius 3 is 1.12 bits per heavy atom. The quantitative estimate of drug-likeness (QED) is 0.150. The Balaban J connectivity index is 0.000000120. The van der Waals surface area contributed by atoms with Crippen LogP contribution in [0.3, 0.4) is 0 Å². The second kappa shape index (κ2) is 29.9. The van der Waals surface area contributed by atoms with Gasteiger partial charge in [-0.3, -0.25) is 0 Å². The Labute approximate surface area is 664 Å². The smallest absolute Gasteiger partial charge is 0.202 e. The monoisotopic (exact) mass is 1480 g/mol. The molecule has 114 heavy (non-hydrogen) atoms. The number of benzene rings is 12. The van der Waals surface area contributed by atoms with Crippen molar-refractivity contribution in [3.8, 4) is 22.3 Å². The number of hydrogen-bond acceptors (Lipinski definition) is 10. The van der Waals surface area contributed by atoms with Crippen LogP contribution in [0.15, 0.2) is 227 Å². The van der Waals surface area contributed by atoms with E-state index in [9.17, 15) is 0 Å². The maximum Gasteiger partial charge on any atom is 0.202 e. The zero-order chi connectivity index (χ0) is 80.2. The molecule has 4 aliphatic heterocycles. The molecule has 2 aromatic heterocycles. The van der Waals surface area contributed by atoms with E-state index in [1.54, 1.807) is 24.3 Å². The Bertz CT molecular complexity index is 6640. The van der Waals surface area contributed by atoms with Gasteiger partial charge in [-0.15, -0.1) is 0 Å². The summed E-state index contributed by atoms with van der Waals surface area (Å²) in [5.74, 6) is 0. The predicted octanol–water partition coefficient (Wildman–Crippen LogP) is 27.3. The van der Waals surface area contributed by atoms with Crippen LogP contribution in [0.4, 0.5) is 114 Å². The maximum atomic E-state index is 7.73. The Morgan fingerprint density at radius 1 is 0.263 bits per heavy atom. The van der Waals surface area contributed by atoms with Crippen LogP contribution in [-0.4, -0.2) is 52.9 Å². The minimum absolute atomic E-state index is 0.00649. The Kier molecular flexibility index (Phi) is 19.4. The van der Waals surface area contributed by atoms with E-state index >= 15 is 0 Å². The van der Waals surface area contributed by atoms with Gasteiger partial charge < -0.3 is 48.0 Å². The van der Waals surface area contributed by atoms with Gasteiger partial charge in [-0.25, -0.2) is 38.8 Å². The molecule has 0 N–H and O–H groups in total. The summed E-state index contributed by atoms with van der Waals surface area (Å²) >= 11 is 0. The van der Waals surface area contributed by atoms with Gasteiger partial charge in [0.15, 0.2) is 28.3 Å². The third kappa shape index (κ3) is 12.4. The van der Waals surface area contributed by atoms with Gasteiger partial charge in [-0.1, -0.05) is 133 Å². The van der Waals surface area contributed by atoms with E-state index in [1.165, 1.54) is 11.1 Å². The molecule has 18 heteroatoms. The largest absolute Gasteiger partial charge is 0.456 e. The fourth-order valence-electron chi connectivity index (χ4n) is 16.4. The van der Waals surface area contributed by atoms with Crippen LogP contribution < -0.4 is 39.2 Å². The van der Waals surface area contributed by atoms with Gasteiger partial charge in [-0.05, 0) is 173 Å². The summed E-state index contributed by atoms with van der Waals surface area (Å²) in [5, 5.41) is 4.34. The summed E-state index contributed by atoms with van der Waals surface area (Å²) in [5.41, 5.74) is 27.8. The molecule has 18 nitrogen and oxygen atoms in total. The number of rotatable bonds is 6. The molecule has 18 rings (SSSR count). The third-order valence-electron chi connectivity index (χ3n) is 22.5. The van der Waals surface area contributed by atoms with Gasteiger partial charge in [0, 0.05) is 95.5 Å². The number of aryl methyl sites for hydroxylation is 4. The van der Waals surface area contributed by atoms with Crippen molar-refractivity contribution in [2.45, 2.75) is 80.1 Å². The van der Waals surface area contributed by atoms with Crippen LogP contribution >= 0.6 is 0 Å². The average molecular weight is 1490 g/mol. The van der Waals surface area contributed by atoms with Gasteiger partial charge >= 0.3 is 0 Å². The van der Waals surface area contributed by atoms with E-state index < -0.39 is 0 Å². The molecule has 552 valence electrons. The fourth-order valence-corrected chi connectivity index (χ4v) is 16.4. The average Bonchev–Trinajstić information content (AvgIpc) is 1.39. The Hall–Kier alpha value is -15.4. The molecule has 0 spiro atoms. The molecule has 0 unspecified atom stereocenters. The van der Waals surface area contributed by atoms with Gasteiger partial charge in [0.05, 0.1) is 86.7 Å². The molecular weight excluding hydrogens is 1410 g/mol. The molecular formula is C96H76N16O2. The minimum Gasteiger partial charge on any atom is -0.456 e. The van der Waals surface area contributed by atoms with E-state index in [0.717, 1.165) is 146 Å². The van der Waals surface area contributed by atoms with Gasteiger partial charge in [-0.2, -0.15) is 0 Å². The van der Waals surface area contributed by atoms with Crippen molar-refractivity contribution in [1.29, 1.82) is 0 Å². The van der Waals surface area contributed by atoms with Gasteiger partial charge in [0.25, 0.3) is 0 Å². The summed E-state index contributed by atoms with van der Waals surface area (Å²) in [4.78, 5) is 46.5. The van der Waals surface area contributed by atoms with E-state index in [1.807, 2.05) is 125 Å². The SMILES string of the molecule is [C-]#[N+]c1cc([N+]#[C-])c2c(c1)N(C)[C@H](C)N2c1c(C)ccc2c1oc1ccccc12.[C-]#[N+]c1cc([N+]#[C-])c2c(c1)N(C)[C@H](C)N2c1c(C)cccc1-c1ccccc1.[C-]#[N+]c1cc([N+]#[C-])c2c(c1)N(C)[C@H](C)N2c1cc2oc3ccccc3c2cc1C.[C-]#[N+]c1cc([N+]#[C-])c2c(c1)N(C)[C@H](C)N2c1ccc(-c2ccccc2)cc1C. The summed E-state index contributed by atoms with van der Waals surface area (Å²) in [6.45, 7) is 77.1. The number of para-hydroxylation sites is 3. The van der Waals surface area contributed by atoms with E-state index in [0.29, 0.717) is 45.5 Å². The number of fused-ring (bicyclic) bond motifs is 10. The molecule has 0 amide bonds. The van der Waals surface area contributed by atoms with Crippen molar-refractivity contribution in [2.24, 2.45) is 0 Å². The second-order valence-electron chi connectivity index (χ2n) is 28.8. The molecule has 4 aliphatic rings. The lowest BCUT2D eigenvalue weighted by molar-refractivity contribution is 0.661. The molecule has 4 atom stereocenters. The zero-order valence-electron chi connectivity index (χ0n) is 65.1. The topological polar surface area (TPSA) is 87.1 Å². The third-order valence-corrected chi connectivity index (χ3v) is 22.5. The predicted molar refractivity (Wildman–Crippen MR) is 466 cm³/mol. The summed E-state index contributed by atoms with van der Waals surface area (Å²) in [6.07, 6.45) is 0.0637. The lowest BCUT2D eigenvalue weighted by atomic mass is 9.99. The lowest BCUT2D eigenvalue weighted by Gasteiger charge is -2.31. The molecule has 0 saturated carbocycles. The number of hydrogen-bond donors (Lipinski definition) is 0. The highest BCUT2D eigenvalue weighted by molar-refractivity contribution is 6.12. The van der Waals surface area contributed by atoms with Crippen LogP contribution in [0.2, 0.25) is 0 Å². The zero-order valence-corrected chi connectivity index (χ0v) is 65.1. The van der Waals surface area contributed by atoms with Crippen molar-refractivity contribution in [3.05, 3.63) is 332 Å². The van der Waals surface area contributed by atoms with Crippen molar-refractivity contribution >= 4 is 158 Å². The molecule has 0 saturated heterocycles. The number of furan rings is 2. The second-order valence-corrected chi connectivity index (χ2v) is 28.8. The van der Waals surface area contributed by atoms with Crippen LogP contribution in [0.5, 0.6) is 0 Å². The first-order chi connectivity index (χ1) is 55.2. The van der Waals surface area contributed by atoms with E-state index in [2.05, 4.69) is 230 Å². The first-order valence-corrected chi connectivity index (χ1v) is 37.1. The van der Waals surface area contributed by atoms with Crippen LogP contribution in [-0.2, 0) is 0 Å². The fraction of sp³-hybridized carbons (Fsp3) is 0.167. The lowest BCUT2D eigenvalue weighted by Crippen LogP contribution is -2.36. The molecule has 0 fully saturated rings. The summed E-state index contributed by atoms with van der Waals surface area (Å²) < 4.78 is 12.4. The minimum atomic E-state index is -0.0241. The van der Waals surface area contributed by atoms with Gasteiger partial charge in [0.2, 0.25) is 22.7 Å². The molecule has 0 aliphatic carbocycles. The molecule has 0 radical (unpaired) electrons. The summed E-state index contributed by atoms with van der Waals surface area (Å²) in [6, 6.07) is 72.2.